The second kappa shape index (κ2) is 3.56. The molecule has 0 saturated carbocycles. The Hall–Kier alpha value is -2.37. The van der Waals surface area contributed by atoms with Crippen molar-refractivity contribution in [3.05, 3.63) is 45.6 Å². The lowest BCUT2D eigenvalue weighted by molar-refractivity contribution is 0.774. The van der Waals surface area contributed by atoms with E-state index in [1.54, 1.807) is 9.20 Å². The quantitative estimate of drug-likeness (QED) is 0.696. The van der Waals surface area contributed by atoms with Crippen molar-refractivity contribution in [1.82, 2.24) is 24.4 Å². The van der Waals surface area contributed by atoms with E-state index in [1.165, 1.54) is 6.07 Å². The highest BCUT2D eigenvalue weighted by Gasteiger charge is 2.09. The Bertz CT molecular complexity index is 793. The van der Waals surface area contributed by atoms with Crippen LogP contribution in [0.5, 0.6) is 0 Å². The van der Waals surface area contributed by atoms with Crippen LogP contribution in [0.4, 0.5) is 0 Å². The average molecular weight is 243 g/mol. The van der Waals surface area contributed by atoms with Crippen LogP contribution < -0.4 is 5.56 Å². The van der Waals surface area contributed by atoms with Crippen molar-refractivity contribution in [1.29, 1.82) is 0 Å². The summed E-state index contributed by atoms with van der Waals surface area (Å²) in [4.78, 5) is 14.2. The predicted octanol–water partition coefficient (Wildman–Crippen LogP) is 1.13. The summed E-state index contributed by atoms with van der Waals surface area (Å²) < 4.78 is 3.47. The van der Waals surface area contributed by atoms with Crippen molar-refractivity contribution in [2.24, 2.45) is 0 Å². The zero-order valence-corrected chi connectivity index (χ0v) is 10.4. The fourth-order valence-electron chi connectivity index (χ4n) is 2.10. The van der Waals surface area contributed by atoms with E-state index in [1.807, 2.05) is 32.9 Å². The smallest absolute Gasteiger partial charge is 0.251 e. The molecule has 0 aromatic carbocycles. The number of rotatable bonds is 1. The van der Waals surface area contributed by atoms with Gasteiger partial charge in [0, 0.05) is 23.5 Å². The lowest BCUT2D eigenvalue weighted by Gasteiger charge is -1.98. The molecule has 0 aliphatic heterocycles. The van der Waals surface area contributed by atoms with Gasteiger partial charge in [0.1, 0.15) is 5.65 Å². The summed E-state index contributed by atoms with van der Waals surface area (Å²) in [5.74, 6) is 0.700. The molecule has 0 unspecified atom stereocenters. The minimum Gasteiger partial charge on any atom is -0.307 e. The molecule has 6 heteroatoms. The minimum absolute atomic E-state index is 0.125. The van der Waals surface area contributed by atoms with Gasteiger partial charge in [-0.25, -0.2) is 9.20 Å². The molecule has 3 heterocycles. The van der Waals surface area contributed by atoms with Crippen molar-refractivity contribution in [2.45, 2.75) is 20.8 Å². The van der Waals surface area contributed by atoms with Crippen molar-refractivity contribution in [3.8, 4) is 5.82 Å². The number of aromatic amines is 1. The van der Waals surface area contributed by atoms with Gasteiger partial charge in [-0.05, 0) is 26.8 Å². The molecular weight excluding hydrogens is 230 g/mol. The monoisotopic (exact) mass is 243 g/mol. The largest absolute Gasteiger partial charge is 0.307 e. The molecule has 0 radical (unpaired) electrons. The Morgan fingerprint density at radius 2 is 1.83 bits per heavy atom. The summed E-state index contributed by atoms with van der Waals surface area (Å²) >= 11 is 0. The summed E-state index contributed by atoms with van der Waals surface area (Å²) in [7, 11) is 0. The molecule has 18 heavy (non-hydrogen) atoms. The van der Waals surface area contributed by atoms with E-state index in [9.17, 15) is 4.79 Å². The van der Waals surface area contributed by atoms with Crippen LogP contribution in [0.15, 0.2) is 23.0 Å². The van der Waals surface area contributed by atoms with Gasteiger partial charge in [-0.2, -0.15) is 5.10 Å². The van der Waals surface area contributed by atoms with E-state index >= 15 is 0 Å². The number of aryl methyl sites for hydroxylation is 3. The molecule has 0 fully saturated rings. The molecule has 0 spiro atoms. The summed E-state index contributed by atoms with van der Waals surface area (Å²) in [5.41, 5.74) is 3.29. The zero-order valence-electron chi connectivity index (χ0n) is 10.4. The second-order valence-corrected chi connectivity index (χ2v) is 4.41. The first-order valence-electron chi connectivity index (χ1n) is 5.68. The third kappa shape index (κ3) is 1.54. The second-order valence-electron chi connectivity index (χ2n) is 4.41. The first kappa shape index (κ1) is 10.8. The number of fused-ring (bicyclic) bond motifs is 1. The van der Waals surface area contributed by atoms with Crippen LogP contribution in [0.25, 0.3) is 11.5 Å². The fraction of sp³-hybridized carbons (Fsp3) is 0.250. The third-order valence-electron chi connectivity index (χ3n) is 2.85. The van der Waals surface area contributed by atoms with Crippen molar-refractivity contribution < 1.29 is 0 Å². The van der Waals surface area contributed by atoms with Gasteiger partial charge >= 0.3 is 0 Å². The Labute approximate surface area is 103 Å². The van der Waals surface area contributed by atoms with E-state index in [0.29, 0.717) is 11.5 Å². The lowest BCUT2D eigenvalue weighted by atomic mass is 10.4. The maximum atomic E-state index is 11.4. The predicted molar refractivity (Wildman–Crippen MR) is 67.1 cm³/mol. The molecule has 3 rings (SSSR count). The Kier molecular flexibility index (Phi) is 2.13. The van der Waals surface area contributed by atoms with E-state index in [0.717, 1.165) is 17.1 Å². The van der Waals surface area contributed by atoms with Crippen molar-refractivity contribution in [2.75, 3.05) is 0 Å². The van der Waals surface area contributed by atoms with E-state index in [2.05, 4.69) is 15.2 Å². The van der Waals surface area contributed by atoms with Gasteiger partial charge in [0.15, 0.2) is 5.82 Å². The number of hydrogen-bond acceptors (Lipinski definition) is 3. The highest BCUT2D eigenvalue weighted by molar-refractivity contribution is 5.45. The number of hydrogen-bond donors (Lipinski definition) is 1. The van der Waals surface area contributed by atoms with Crippen LogP contribution in [0.3, 0.4) is 0 Å². The molecule has 92 valence electrons. The molecule has 0 bridgehead atoms. The van der Waals surface area contributed by atoms with Crippen LogP contribution in [0, 0.1) is 20.8 Å². The highest BCUT2D eigenvalue weighted by Crippen LogP contribution is 2.12. The van der Waals surface area contributed by atoms with Gasteiger partial charge in [0.2, 0.25) is 0 Å². The Balaban J connectivity index is 2.28. The zero-order chi connectivity index (χ0) is 12.9. The number of H-pyrrole nitrogens is 1. The average Bonchev–Trinajstić information content (AvgIpc) is 2.81. The Morgan fingerprint density at radius 1 is 1.06 bits per heavy atom. The number of nitrogens with zero attached hydrogens (tertiary/aromatic N) is 4. The molecule has 1 N–H and O–H groups in total. The molecule has 3 aromatic rings. The first-order chi connectivity index (χ1) is 8.54. The van der Waals surface area contributed by atoms with Gasteiger partial charge < -0.3 is 4.98 Å². The van der Waals surface area contributed by atoms with Crippen LogP contribution in [0.1, 0.15) is 17.1 Å². The first-order valence-corrected chi connectivity index (χ1v) is 5.68. The molecule has 6 nitrogen and oxygen atoms in total. The molecule has 0 aliphatic carbocycles. The molecule has 0 atom stereocenters. The molecule has 0 saturated heterocycles. The van der Waals surface area contributed by atoms with Crippen LogP contribution in [-0.2, 0) is 0 Å². The van der Waals surface area contributed by atoms with Crippen LogP contribution in [-0.4, -0.2) is 24.4 Å². The van der Waals surface area contributed by atoms with E-state index in [4.69, 9.17) is 0 Å². The summed E-state index contributed by atoms with van der Waals surface area (Å²) in [6.07, 6.45) is 0. The van der Waals surface area contributed by atoms with Crippen molar-refractivity contribution >= 4 is 5.65 Å². The summed E-state index contributed by atoms with van der Waals surface area (Å²) in [6, 6.07) is 5.32. The SMILES string of the molecule is Cc1cc(C)n(-c2cc3[nH]c(=O)cc(C)n3n2)n1. The van der Waals surface area contributed by atoms with Crippen LogP contribution >= 0.6 is 0 Å². The normalized spacial score (nSPS) is 11.3. The molecule has 3 aromatic heterocycles. The van der Waals surface area contributed by atoms with E-state index < -0.39 is 0 Å². The summed E-state index contributed by atoms with van der Waals surface area (Å²) in [6.45, 7) is 5.76. The highest BCUT2D eigenvalue weighted by atomic mass is 16.1. The number of nitrogens with one attached hydrogen (secondary N) is 1. The van der Waals surface area contributed by atoms with Gasteiger partial charge in [-0.1, -0.05) is 0 Å². The molecule has 0 aliphatic rings. The Morgan fingerprint density at radius 3 is 2.50 bits per heavy atom. The van der Waals surface area contributed by atoms with Crippen LogP contribution in [0.2, 0.25) is 0 Å². The van der Waals surface area contributed by atoms with Crippen molar-refractivity contribution in [3.63, 3.8) is 0 Å². The topological polar surface area (TPSA) is 68.0 Å². The van der Waals surface area contributed by atoms with Gasteiger partial charge in [-0.3, -0.25) is 4.79 Å². The van der Waals surface area contributed by atoms with Gasteiger partial charge in [0.25, 0.3) is 5.56 Å². The lowest BCUT2D eigenvalue weighted by Crippen LogP contribution is -2.09. The fourth-order valence-corrected chi connectivity index (χ4v) is 2.10. The maximum Gasteiger partial charge on any atom is 0.251 e. The minimum atomic E-state index is -0.125. The standard InChI is InChI=1S/C12H13N5O/c1-7-4-8(2)17(14-7)11-6-10-13-12(18)5-9(3)16(10)15-11/h4-6H,1-3H3,(H,13,18). The van der Waals surface area contributed by atoms with Gasteiger partial charge in [-0.15, -0.1) is 5.10 Å². The number of aromatic nitrogens is 5. The van der Waals surface area contributed by atoms with E-state index in [-0.39, 0.29) is 5.56 Å². The van der Waals surface area contributed by atoms with Gasteiger partial charge in [0.05, 0.1) is 5.69 Å². The summed E-state index contributed by atoms with van der Waals surface area (Å²) in [5, 5.41) is 8.82. The maximum absolute atomic E-state index is 11.4. The molecular formula is C12H13N5O. The third-order valence-corrected chi connectivity index (χ3v) is 2.85. The molecule has 0 amide bonds.